The number of nitrogens with zero attached hydrogens (tertiary/aromatic N) is 5. The summed E-state index contributed by atoms with van der Waals surface area (Å²) in [5.41, 5.74) is 3.40. The predicted molar refractivity (Wildman–Crippen MR) is 85.6 cm³/mol. The maximum absolute atomic E-state index is 4.72. The molecule has 0 N–H and O–H groups in total. The fraction of sp³-hybridized carbons (Fsp3) is 0.412. The Morgan fingerprint density at radius 2 is 2.23 bits per heavy atom. The van der Waals surface area contributed by atoms with Crippen molar-refractivity contribution in [3.63, 3.8) is 0 Å². The summed E-state index contributed by atoms with van der Waals surface area (Å²) in [5.74, 6) is 0. The zero-order chi connectivity index (χ0) is 14.9. The second-order valence-corrected chi connectivity index (χ2v) is 6.20. The van der Waals surface area contributed by atoms with Gasteiger partial charge in [0.2, 0.25) is 0 Å². The highest BCUT2D eigenvalue weighted by atomic mass is 15.3. The van der Waals surface area contributed by atoms with Crippen molar-refractivity contribution in [2.24, 2.45) is 0 Å². The molecular formula is C17H21N5. The Kier molecular flexibility index (Phi) is 3.42. The van der Waals surface area contributed by atoms with Crippen LogP contribution in [0.3, 0.4) is 0 Å². The van der Waals surface area contributed by atoms with Gasteiger partial charge in [-0.05, 0) is 44.0 Å². The largest absolute Gasteiger partial charge is 0.307 e. The SMILES string of the molecule is Cc1cnn(C[C@@H]2CCCN2Cc2cn3ccccc3n2)c1. The molecule has 5 nitrogen and oxygen atoms in total. The van der Waals surface area contributed by atoms with Crippen LogP contribution < -0.4 is 0 Å². The van der Waals surface area contributed by atoms with Crippen molar-refractivity contribution in [3.05, 3.63) is 54.2 Å². The van der Waals surface area contributed by atoms with Gasteiger partial charge in [0.1, 0.15) is 5.65 Å². The van der Waals surface area contributed by atoms with Crippen LogP contribution in [-0.2, 0) is 13.1 Å². The zero-order valence-corrected chi connectivity index (χ0v) is 12.9. The van der Waals surface area contributed by atoms with E-state index in [1.165, 1.54) is 18.4 Å². The lowest BCUT2D eigenvalue weighted by Crippen LogP contribution is -2.32. The molecule has 22 heavy (non-hydrogen) atoms. The van der Waals surface area contributed by atoms with E-state index in [0.717, 1.165) is 31.0 Å². The van der Waals surface area contributed by atoms with Crippen LogP contribution in [0.2, 0.25) is 0 Å². The number of likely N-dealkylation sites (tertiary alicyclic amines) is 1. The van der Waals surface area contributed by atoms with Crippen molar-refractivity contribution in [3.8, 4) is 0 Å². The predicted octanol–water partition coefficient (Wildman–Crippen LogP) is 2.50. The van der Waals surface area contributed by atoms with E-state index < -0.39 is 0 Å². The lowest BCUT2D eigenvalue weighted by molar-refractivity contribution is 0.217. The van der Waals surface area contributed by atoms with Crippen LogP contribution >= 0.6 is 0 Å². The normalized spacial score (nSPS) is 19.2. The summed E-state index contributed by atoms with van der Waals surface area (Å²) in [4.78, 5) is 7.26. The minimum atomic E-state index is 0.559. The molecule has 0 amide bonds. The van der Waals surface area contributed by atoms with Crippen LogP contribution in [0.4, 0.5) is 0 Å². The Balaban J connectivity index is 1.48. The van der Waals surface area contributed by atoms with E-state index in [1.807, 2.05) is 18.3 Å². The average molecular weight is 295 g/mol. The van der Waals surface area contributed by atoms with Crippen molar-refractivity contribution in [1.82, 2.24) is 24.1 Å². The van der Waals surface area contributed by atoms with Crippen LogP contribution in [0.25, 0.3) is 5.65 Å². The van der Waals surface area contributed by atoms with Gasteiger partial charge < -0.3 is 4.40 Å². The van der Waals surface area contributed by atoms with E-state index in [-0.39, 0.29) is 0 Å². The maximum atomic E-state index is 4.72. The van der Waals surface area contributed by atoms with Gasteiger partial charge in [0.25, 0.3) is 0 Å². The smallest absolute Gasteiger partial charge is 0.137 e. The van der Waals surface area contributed by atoms with Crippen molar-refractivity contribution < 1.29 is 0 Å². The van der Waals surface area contributed by atoms with E-state index >= 15 is 0 Å². The molecule has 1 aliphatic heterocycles. The Labute approximate surface area is 130 Å². The van der Waals surface area contributed by atoms with Gasteiger partial charge >= 0.3 is 0 Å². The van der Waals surface area contributed by atoms with E-state index in [0.29, 0.717) is 6.04 Å². The second-order valence-electron chi connectivity index (χ2n) is 6.20. The van der Waals surface area contributed by atoms with Gasteiger partial charge in [0, 0.05) is 31.2 Å². The van der Waals surface area contributed by atoms with Crippen LogP contribution in [-0.4, -0.2) is 36.7 Å². The summed E-state index contributed by atoms with van der Waals surface area (Å²) in [6.45, 7) is 5.14. The molecule has 0 saturated carbocycles. The monoisotopic (exact) mass is 295 g/mol. The fourth-order valence-electron chi connectivity index (χ4n) is 3.36. The minimum Gasteiger partial charge on any atom is -0.307 e. The molecule has 1 aliphatic rings. The number of hydrogen-bond acceptors (Lipinski definition) is 3. The molecule has 1 fully saturated rings. The molecule has 0 aliphatic carbocycles. The highest BCUT2D eigenvalue weighted by Crippen LogP contribution is 2.21. The first-order chi connectivity index (χ1) is 10.8. The number of fused-ring (bicyclic) bond motifs is 1. The van der Waals surface area contributed by atoms with Gasteiger partial charge in [-0.2, -0.15) is 5.10 Å². The topological polar surface area (TPSA) is 38.4 Å². The molecule has 0 bridgehead atoms. The van der Waals surface area contributed by atoms with E-state index in [2.05, 4.69) is 50.7 Å². The number of aromatic nitrogens is 4. The van der Waals surface area contributed by atoms with Gasteiger partial charge in [-0.1, -0.05) is 6.07 Å². The summed E-state index contributed by atoms with van der Waals surface area (Å²) in [5, 5.41) is 4.43. The lowest BCUT2D eigenvalue weighted by Gasteiger charge is -2.23. The lowest BCUT2D eigenvalue weighted by atomic mass is 10.2. The van der Waals surface area contributed by atoms with Crippen molar-refractivity contribution in [2.75, 3.05) is 6.54 Å². The van der Waals surface area contributed by atoms with Crippen LogP contribution in [0.15, 0.2) is 43.0 Å². The summed E-state index contributed by atoms with van der Waals surface area (Å²) < 4.78 is 4.17. The van der Waals surface area contributed by atoms with Gasteiger partial charge in [-0.3, -0.25) is 9.58 Å². The molecule has 5 heteroatoms. The Morgan fingerprint density at radius 1 is 1.27 bits per heavy atom. The molecule has 1 saturated heterocycles. The van der Waals surface area contributed by atoms with E-state index in [1.54, 1.807) is 0 Å². The van der Waals surface area contributed by atoms with Gasteiger partial charge in [0.05, 0.1) is 18.4 Å². The Morgan fingerprint density at radius 3 is 3.05 bits per heavy atom. The Bertz CT molecular complexity index is 739. The van der Waals surface area contributed by atoms with Crippen molar-refractivity contribution in [2.45, 2.75) is 38.9 Å². The molecule has 4 heterocycles. The van der Waals surface area contributed by atoms with E-state index in [9.17, 15) is 0 Å². The fourth-order valence-corrected chi connectivity index (χ4v) is 3.36. The van der Waals surface area contributed by atoms with Crippen LogP contribution in [0.1, 0.15) is 24.1 Å². The second kappa shape index (κ2) is 5.57. The summed E-state index contributed by atoms with van der Waals surface area (Å²) >= 11 is 0. The zero-order valence-electron chi connectivity index (χ0n) is 12.9. The van der Waals surface area contributed by atoms with Gasteiger partial charge in [-0.15, -0.1) is 0 Å². The number of aryl methyl sites for hydroxylation is 1. The molecule has 0 spiro atoms. The van der Waals surface area contributed by atoms with Crippen molar-refractivity contribution in [1.29, 1.82) is 0 Å². The quantitative estimate of drug-likeness (QED) is 0.742. The van der Waals surface area contributed by atoms with Crippen LogP contribution in [0, 0.1) is 6.92 Å². The third kappa shape index (κ3) is 2.64. The third-order valence-electron chi connectivity index (χ3n) is 4.44. The average Bonchev–Trinajstić information content (AvgIpc) is 3.20. The maximum Gasteiger partial charge on any atom is 0.137 e. The summed E-state index contributed by atoms with van der Waals surface area (Å²) in [6.07, 6.45) is 10.8. The third-order valence-corrected chi connectivity index (χ3v) is 4.44. The van der Waals surface area contributed by atoms with Gasteiger partial charge in [-0.25, -0.2) is 4.98 Å². The number of pyridine rings is 1. The first-order valence-electron chi connectivity index (χ1n) is 7.94. The summed E-state index contributed by atoms with van der Waals surface area (Å²) in [6, 6.07) is 6.68. The van der Waals surface area contributed by atoms with Crippen molar-refractivity contribution >= 4 is 5.65 Å². The molecule has 0 unspecified atom stereocenters. The van der Waals surface area contributed by atoms with Gasteiger partial charge in [0.15, 0.2) is 0 Å². The number of rotatable bonds is 4. The molecular weight excluding hydrogens is 274 g/mol. The minimum absolute atomic E-state index is 0.559. The number of imidazole rings is 1. The van der Waals surface area contributed by atoms with E-state index in [4.69, 9.17) is 4.98 Å². The molecule has 114 valence electrons. The standard InChI is InChI=1S/C17H21N5/c1-14-9-18-22(10-14)13-16-5-4-8-20(16)11-15-12-21-7-3-2-6-17(21)19-15/h2-3,6-7,9-10,12,16H,4-5,8,11,13H2,1H3/t16-/m0/s1. The molecule has 0 radical (unpaired) electrons. The summed E-state index contributed by atoms with van der Waals surface area (Å²) in [7, 11) is 0. The highest BCUT2D eigenvalue weighted by molar-refractivity contribution is 5.39. The first-order valence-corrected chi connectivity index (χ1v) is 7.94. The Hall–Kier alpha value is -2.14. The molecule has 0 aromatic carbocycles. The molecule has 3 aromatic rings. The molecule has 3 aromatic heterocycles. The first kappa shape index (κ1) is 13.5. The molecule has 1 atom stereocenters. The van der Waals surface area contributed by atoms with Crippen LogP contribution in [0.5, 0.6) is 0 Å². The number of hydrogen-bond donors (Lipinski definition) is 0. The highest BCUT2D eigenvalue weighted by Gasteiger charge is 2.25. The molecule has 4 rings (SSSR count).